The van der Waals surface area contributed by atoms with Crippen LogP contribution < -0.4 is 10.5 Å². The molecule has 19 heavy (non-hydrogen) atoms. The maximum atomic E-state index is 5.83. The van der Waals surface area contributed by atoms with Crippen molar-refractivity contribution >= 4 is 0 Å². The first-order chi connectivity index (χ1) is 9.06. The molecule has 102 valence electrons. The highest BCUT2D eigenvalue weighted by molar-refractivity contribution is 5.30. The number of nitrogens with two attached hydrogens (primary N) is 1. The third-order valence-corrected chi connectivity index (χ3v) is 2.73. The van der Waals surface area contributed by atoms with E-state index in [1.54, 1.807) is 0 Å². The summed E-state index contributed by atoms with van der Waals surface area (Å²) >= 11 is 0. The molecule has 1 atom stereocenters. The van der Waals surface area contributed by atoms with Crippen LogP contribution in [0, 0.1) is 0 Å². The summed E-state index contributed by atoms with van der Waals surface area (Å²) < 4.78 is 10.8. The van der Waals surface area contributed by atoms with Gasteiger partial charge in [0, 0.05) is 12.0 Å². The Morgan fingerprint density at radius 2 is 2.11 bits per heavy atom. The molecule has 1 aromatic heterocycles. The molecule has 5 heteroatoms. The van der Waals surface area contributed by atoms with Gasteiger partial charge in [-0.25, -0.2) is 0 Å². The van der Waals surface area contributed by atoms with Crippen LogP contribution in [0.1, 0.15) is 50.0 Å². The van der Waals surface area contributed by atoms with Gasteiger partial charge in [0.1, 0.15) is 5.75 Å². The Kier molecular flexibility index (Phi) is 4.16. The van der Waals surface area contributed by atoms with Gasteiger partial charge in [-0.2, -0.15) is 4.98 Å². The van der Waals surface area contributed by atoms with Gasteiger partial charge >= 0.3 is 0 Å². The van der Waals surface area contributed by atoms with Gasteiger partial charge in [-0.3, -0.25) is 0 Å². The summed E-state index contributed by atoms with van der Waals surface area (Å²) in [7, 11) is 0. The smallest absolute Gasteiger partial charge is 0.229 e. The third-order valence-electron chi connectivity index (χ3n) is 2.73. The number of ether oxygens (including phenoxy) is 1. The summed E-state index contributed by atoms with van der Waals surface area (Å²) in [4.78, 5) is 4.25. The summed E-state index contributed by atoms with van der Waals surface area (Å²) in [5.41, 5.74) is 6.87. The van der Waals surface area contributed by atoms with Crippen molar-refractivity contribution in [3.63, 3.8) is 0 Å². The molecule has 5 nitrogen and oxygen atoms in total. The minimum Gasteiger partial charge on any atom is -0.485 e. The topological polar surface area (TPSA) is 74.2 Å². The van der Waals surface area contributed by atoms with Crippen LogP contribution in [-0.2, 0) is 6.61 Å². The fourth-order valence-corrected chi connectivity index (χ4v) is 1.60. The quantitative estimate of drug-likeness (QED) is 0.895. The van der Waals surface area contributed by atoms with Crippen molar-refractivity contribution in [3.05, 3.63) is 41.5 Å². The Bertz CT molecular complexity index is 535. The maximum absolute atomic E-state index is 5.83. The van der Waals surface area contributed by atoms with Gasteiger partial charge in [0.15, 0.2) is 6.61 Å². The molecule has 0 radical (unpaired) electrons. The van der Waals surface area contributed by atoms with Gasteiger partial charge in [-0.05, 0) is 24.6 Å². The first-order valence-corrected chi connectivity index (χ1v) is 6.37. The summed E-state index contributed by atoms with van der Waals surface area (Å²) in [6, 6.07) is 7.69. The second-order valence-electron chi connectivity index (χ2n) is 4.85. The second kappa shape index (κ2) is 5.84. The zero-order valence-corrected chi connectivity index (χ0v) is 11.5. The monoisotopic (exact) mass is 261 g/mol. The molecule has 0 saturated carbocycles. The number of nitrogens with zero attached hydrogens (tertiary/aromatic N) is 2. The molecule has 0 bridgehead atoms. The molecule has 0 aliphatic carbocycles. The van der Waals surface area contributed by atoms with Crippen molar-refractivity contribution < 1.29 is 9.26 Å². The Balaban J connectivity index is 1.99. The van der Waals surface area contributed by atoms with Crippen LogP contribution in [-0.4, -0.2) is 10.1 Å². The van der Waals surface area contributed by atoms with Crippen LogP contribution >= 0.6 is 0 Å². The lowest BCUT2D eigenvalue weighted by molar-refractivity contribution is 0.284. The number of hydrogen-bond donors (Lipinski definition) is 1. The van der Waals surface area contributed by atoms with Crippen molar-refractivity contribution in [1.29, 1.82) is 0 Å². The van der Waals surface area contributed by atoms with E-state index in [9.17, 15) is 0 Å². The molecule has 0 aliphatic rings. The lowest BCUT2D eigenvalue weighted by atomic mass is 10.1. The highest BCUT2D eigenvalue weighted by atomic mass is 16.5. The van der Waals surface area contributed by atoms with Gasteiger partial charge in [-0.15, -0.1) is 0 Å². The number of benzene rings is 1. The Morgan fingerprint density at radius 1 is 1.32 bits per heavy atom. The van der Waals surface area contributed by atoms with Crippen molar-refractivity contribution in [2.45, 2.75) is 39.3 Å². The first-order valence-electron chi connectivity index (χ1n) is 6.37. The van der Waals surface area contributed by atoms with Crippen molar-refractivity contribution in [2.75, 3.05) is 0 Å². The first kappa shape index (κ1) is 13.5. The summed E-state index contributed by atoms with van der Waals surface area (Å²) in [5.74, 6) is 2.16. The normalized spacial score (nSPS) is 12.7. The predicted molar refractivity (Wildman–Crippen MR) is 71.8 cm³/mol. The molecule has 2 N–H and O–H groups in total. The van der Waals surface area contributed by atoms with E-state index in [-0.39, 0.29) is 12.0 Å². The number of aromatic nitrogens is 2. The largest absolute Gasteiger partial charge is 0.485 e. The fraction of sp³-hybridized carbons (Fsp3) is 0.429. The SMILES string of the molecule is CC(C)c1nc(COc2cccc([C@@H](C)N)c2)no1. The zero-order chi connectivity index (χ0) is 13.8. The number of rotatable bonds is 5. The zero-order valence-electron chi connectivity index (χ0n) is 11.5. The van der Waals surface area contributed by atoms with Crippen molar-refractivity contribution in [1.82, 2.24) is 10.1 Å². The molecular weight excluding hydrogens is 242 g/mol. The molecule has 0 fully saturated rings. The molecule has 1 heterocycles. The fourth-order valence-electron chi connectivity index (χ4n) is 1.60. The lowest BCUT2D eigenvalue weighted by Gasteiger charge is -2.08. The Morgan fingerprint density at radius 3 is 2.74 bits per heavy atom. The van der Waals surface area contributed by atoms with Gasteiger partial charge in [0.2, 0.25) is 11.7 Å². The van der Waals surface area contributed by atoms with E-state index in [0.717, 1.165) is 11.3 Å². The predicted octanol–water partition coefficient (Wildman–Crippen LogP) is 2.79. The van der Waals surface area contributed by atoms with Crippen LogP contribution in [0.5, 0.6) is 5.75 Å². The molecular formula is C14H19N3O2. The molecule has 2 aromatic rings. The van der Waals surface area contributed by atoms with Crippen LogP contribution in [0.2, 0.25) is 0 Å². The minimum absolute atomic E-state index is 0.0127. The molecule has 2 rings (SSSR count). The van der Waals surface area contributed by atoms with Crippen LogP contribution in [0.3, 0.4) is 0 Å². The molecule has 0 amide bonds. The van der Waals surface area contributed by atoms with E-state index in [4.69, 9.17) is 15.0 Å². The molecule has 0 saturated heterocycles. The lowest BCUT2D eigenvalue weighted by Crippen LogP contribution is -2.05. The van der Waals surface area contributed by atoms with E-state index < -0.39 is 0 Å². The standard InChI is InChI=1S/C14H19N3O2/c1-9(2)14-16-13(17-19-14)8-18-12-6-4-5-11(7-12)10(3)15/h4-7,9-10H,8,15H2,1-3H3/t10-/m1/s1. The van der Waals surface area contributed by atoms with E-state index in [1.807, 2.05) is 45.0 Å². The second-order valence-corrected chi connectivity index (χ2v) is 4.85. The highest BCUT2D eigenvalue weighted by Gasteiger charge is 2.10. The number of hydrogen-bond acceptors (Lipinski definition) is 5. The maximum Gasteiger partial charge on any atom is 0.229 e. The van der Waals surface area contributed by atoms with Gasteiger partial charge < -0.3 is 15.0 Å². The Hall–Kier alpha value is -1.88. The highest BCUT2D eigenvalue weighted by Crippen LogP contribution is 2.18. The molecule has 1 aromatic carbocycles. The average Bonchev–Trinajstić information content (AvgIpc) is 2.85. The van der Waals surface area contributed by atoms with Crippen LogP contribution in [0.4, 0.5) is 0 Å². The third kappa shape index (κ3) is 3.54. The Labute approximate surface area is 112 Å². The molecule has 0 spiro atoms. The van der Waals surface area contributed by atoms with Gasteiger partial charge in [0.25, 0.3) is 0 Å². The summed E-state index contributed by atoms with van der Waals surface area (Å²) in [6.07, 6.45) is 0. The van der Waals surface area contributed by atoms with Gasteiger partial charge in [0.05, 0.1) is 0 Å². The van der Waals surface area contributed by atoms with E-state index in [2.05, 4.69) is 10.1 Å². The van der Waals surface area contributed by atoms with E-state index in [1.165, 1.54) is 0 Å². The summed E-state index contributed by atoms with van der Waals surface area (Å²) in [6.45, 7) is 6.24. The average molecular weight is 261 g/mol. The van der Waals surface area contributed by atoms with Crippen LogP contribution in [0.15, 0.2) is 28.8 Å². The summed E-state index contributed by atoms with van der Waals surface area (Å²) in [5, 5.41) is 3.87. The van der Waals surface area contributed by atoms with Crippen LogP contribution in [0.25, 0.3) is 0 Å². The molecule has 0 unspecified atom stereocenters. The van der Waals surface area contributed by atoms with E-state index in [0.29, 0.717) is 18.3 Å². The van der Waals surface area contributed by atoms with Crippen molar-refractivity contribution in [2.24, 2.45) is 5.73 Å². The molecule has 0 aliphatic heterocycles. The van der Waals surface area contributed by atoms with E-state index >= 15 is 0 Å². The van der Waals surface area contributed by atoms with Crippen molar-refractivity contribution in [3.8, 4) is 5.75 Å². The minimum atomic E-state index is -0.0127. The van der Waals surface area contributed by atoms with Gasteiger partial charge in [-0.1, -0.05) is 31.1 Å².